The molecule has 4 N–H and O–H groups in total. The van der Waals surface area contributed by atoms with Gasteiger partial charge in [0.05, 0.1) is 6.04 Å². The minimum atomic E-state index is -0.489. The van der Waals surface area contributed by atoms with E-state index in [-0.39, 0.29) is 5.91 Å². The third-order valence-corrected chi connectivity index (χ3v) is 4.64. The molecule has 112 valence electrons. The Hall–Kier alpha value is -1.81. The summed E-state index contributed by atoms with van der Waals surface area (Å²) in [6.45, 7) is 2.20. The van der Waals surface area contributed by atoms with Crippen molar-refractivity contribution in [2.75, 3.05) is 0 Å². The Balaban J connectivity index is 1.65. The maximum atomic E-state index is 12.3. The van der Waals surface area contributed by atoms with Gasteiger partial charge in [-0.25, -0.2) is 0 Å². The molecule has 0 aliphatic heterocycles. The van der Waals surface area contributed by atoms with E-state index in [1.165, 1.54) is 12.8 Å². The number of aromatic amines is 1. The van der Waals surface area contributed by atoms with Gasteiger partial charge < -0.3 is 16.0 Å². The third kappa shape index (κ3) is 2.95. The molecule has 2 aromatic rings. The van der Waals surface area contributed by atoms with E-state index in [2.05, 4.69) is 23.3 Å². The van der Waals surface area contributed by atoms with E-state index in [0.29, 0.717) is 18.4 Å². The molecule has 1 aromatic heterocycles. The number of benzene rings is 1. The molecule has 0 radical (unpaired) electrons. The second kappa shape index (κ2) is 5.90. The van der Waals surface area contributed by atoms with Crippen LogP contribution in [-0.2, 0) is 11.2 Å². The number of amides is 1. The molecule has 2 unspecified atom stereocenters. The molecule has 21 heavy (non-hydrogen) atoms. The Morgan fingerprint density at radius 1 is 1.43 bits per heavy atom. The number of para-hydroxylation sites is 1. The average Bonchev–Trinajstić information content (AvgIpc) is 3.07. The van der Waals surface area contributed by atoms with Gasteiger partial charge in [-0.05, 0) is 36.8 Å². The largest absolute Gasteiger partial charge is 0.361 e. The second-order valence-corrected chi connectivity index (χ2v) is 6.19. The number of hydrogen-bond acceptors (Lipinski definition) is 2. The molecule has 1 aromatic carbocycles. The van der Waals surface area contributed by atoms with E-state index in [0.717, 1.165) is 22.9 Å². The predicted molar refractivity (Wildman–Crippen MR) is 84.9 cm³/mol. The molecule has 0 bridgehead atoms. The summed E-state index contributed by atoms with van der Waals surface area (Å²) < 4.78 is 0. The average molecular weight is 285 g/mol. The first-order valence-electron chi connectivity index (χ1n) is 7.76. The maximum absolute atomic E-state index is 12.3. The van der Waals surface area contributed by atoms with Crippen molar-refractivity contribution in [3.8, 4) is 0 Å². The highest BCUT2D eigenvalue weighted by Gasteiger charge is 2.26. The van der Waals surface area contributed by atoms with Gasteiger partial charge in [0.2, 0.25) is 5.91 Å². The summed E-state index contributed by atoms with van der Waals surface area (Å²) in [5, 5.41) is 4.26. The van der Waals surface area contributed by atoms with Crippen LogP contribution in [0.5, 0.6) is 0 Å². The fourth-order valence-corrected chi connectivity index (χ4v) is 3.28. The van der Waals surface area contributed by atoms with Gasteiger partial charge in [0.25, 0.3) is 0 Å². The van der Waals surface area contributed by atoms with Gasteiger partial charge in [-0.2, -0.15) is 0 Å². The lowest BCUT2D eigenvalue weighted by atomic mass is 10.0. The summed E-state index contributed by atoms with van der Waals surface area (Å²) in [7, 11) is 0. The second-order valence-electron chi connectivity index (χ2n) is 6.19. The molecule has 1 amide bonds. The van der Waals surface area contributed by atoms with Gasteiger partial charge in [-0.3, -0.25) is 4.79 Å². The maximum Gasteiger partial charge on any atom is 0.237 e. The van der Waals surface area contributed by atoms with Gasteiger partial charge in [0.1, 0.15) is 0 Å². The molecular weight excluding hydrogens is 262 g/mol. The van der Waals surface area contributed by atoms with E-state index >= 15 is 0 Å². The summed E-state index contributed by atoms with van der Waals surface area (Å²) in [5.41, 5.74) is 8.29. The quantitative estimate of drug-likeness (QED) is 0.807. The van der Waals surface area contributed by atoms with Crippen LogP contribution in [0.1, 0.15) is 31.7 Å². The van der Waals surface area contributed by atoms with Crippen molar-refractivity contribution >= 4 is 16.8 Å². The van der Waals surface area contributed by atoms with Crippen LogP contribution in [0.25, 0.3) is 10.9 Å². The van der Waals surface area contributed by atoms with Crippen LogP contribution in [0, 0.1) is 5.92 Å². The van der Waals surface area contributed by atoms with Crippen LogP contribution in [-0.4, -0.2) is 23.0 Å². The van der Waals surface area contributed by atoms with Crippen LogP contribution >= 0.6 is 0 Å². The highest BCUT2D eigenvalue weighted by atomic mass is 16.2. The van der Waals surface area contributed by atoms with Crippen LogP contribution in [0.15, 0.2) is 30.5 Å². The summed E-state index contributed by atoms with van der Waals surface area (Å²) in [6, 6.07) is 7.90. The molecule has 1 aliphatic rings. The van der Waals surface area contributed by atoms with E-state index < -0.39 is 6.04 Å². The zero-order valence-electron chi connectivity index (χ0n) is 12.4. The van der Waals surface area contributed by atoms with E-state index in [4.69, 9.17) is 5.73 Å². The van der Waals surface area contributed by atoms with Crippen molar-refractivity contribution in [2.24, 2.45) is 11.7 Å². The van der Waals surface area contributed by atoms with E-state index in [1.54, 1.807) is 0 Å². The first kappa shape index (κ1) is 14.1. The fraction of sp³-hybridized carbons (Fsp3) is 0.471. The Morgan fingerprint density at radius 2 is 2.24 bits per heavy atom. The van der Waals surface area contributed by atoms with Gasteiger partial charge in [-0.1, -0.05) is 31.5 Å². The van der Waals surface area contributed by atoms with Crippen molar-refractivity contribution in [3.05, 3.63) is 36.0 Å². The van der Waals surface area contributed by atoms with Crippen molar-refractivity contribution in [1.29, 1.82) is 0 Å². The first-order valence-corrected chi connectivity index (χ1v) is 7.76. The highest BCUT2D eigenvalue weighted by molar-refractivity contribution is 5.86. The molecule has 0 saturated heterocycles. The molecule has 1 fully saturated rings. The number of nitrogens with two attached hydrogens (primary N) is 1. The van der Waals surface area contributed by atoms with Gasteiger partial charge in [0, 0.05) is 23.1 Å². The summed E-state index contributed by atoms with van der Waals surface area (Å²) in [4.78, 5) is 15.5. The first-order chi connectivity index (χ1) is 10.1. The topological polar surface area (TPSA) is 70.9 Å². The molecule has 3 atom stereocenters. The van der Waals surface area contributed by atoms with Crippen molar-refractivity contribution < 1.29 is 4.79 Å². The minimum Gasteiger partial charge on any atom is -0.361 e. The van der Waals surface area contributed by atoms with Gasteiger partial charge >= 0.3 is 0 Å². The number of hydrogen-bond donors (Lipinski definition) is 3. The van der Waals surface area contributed by atoms with Crippen molar-refractivity contribution in [2.45, 2.75) is 44.7 Å². The number of H-pyrrole nitrogens is 1. The number of nitrogens with one attached hydrogen (secondary N) is 2. The van der Waals surface area contributed by atoms with Crippen LogP contribution < -0.4 is 11.1 Å². The van der Waals surface area contributed by atoms with E-state index in [9.17, 15) is 4.79 Å². The minimum absolute atomic E-state index is 0.0287. The van der Waals surface area contributed by atoms with Crippen LogP contribution in [0.3, 0.4) is 0 Å². The molecule has 1 heterocycles. The normalized spacial score (nSPS) is 23.3. The van der Waals surface area contributed by atoms with Crippen molar-refractivity contribution in [1.82, 2.24) is 10.3 Å². The monoisotopic (exact) mass is 285 g/mol. The number of carbonyl (C=O) groups is 1. The number of fused-ring (bicyclic) bond motifs is 1. The molecule has 4 nitrogen and oxygen atoms in total. The van der Waals surface area contributed by atoms with Gasteiger partial charge in [-0.15, -0.1) is 0 Å². The Kier molecular flexibility index (Phi) is 3.97. The van der Waals surface area contributed by atoms with E-state index in [1.807, 2.05) is 24.4 Å². The number of rotatable bonds is 4. The molecule has 1 aliphatic carbocycles. The molecular formula is C17H23N3O. The van der Waals surface area contributed by atoms with Crippen molar-refractivity contribution in [3.63, 3.8) is 0 Å². The lowest BCUT2D eigenvalue weighted by molar-refractivity contribution is -0.123. The smallest absolute Gasteiger partial charge is 0.237 e. The standard InChI is InChI=1S/C17H23N3O/c1-11-5-4-8-15(11)20-17(21)14(18)9-12-10-19-16-7-3-2-6-13(12)16/h2-3,6-7,10-11,14-15,19H,4-5,8-9,18H2,1H3,(H,20,21)/t11?,14-,15?/m1/s1. The summed E-state index contributed by atoms with van der Waals surface area (Å²) >= 11 is 0. The predicted octanol–water partition coefficient (Wildman–Crippen LogP) is 2.34. The molecule has 0 spiro atoms. The van der Waals surface area contributed by atoms with Crippen LogP contribution in [0.2, 0.25) is 0 Å². The lowest BCUT2D eigenvalue weighted by Crippen LogP contribution is -2.47. The highest BCUT2D eigenvalue weighted by Crippen LogP contribution is 2.25. The zero-order chi connectivity index (χ0) is 14.8. The van der Waals surface area contributed by atoms with Crippen LogP contribution in [0.4, 0.5) is 0 Å². The number of aromatic nitrogens is 1. The zero-order valence-corrected chi connectivity index (χ0v) is 12.4. The molecule has 4 heteroatoms. The SMILES string of the molecule is CC1CCCC1NC(=O)[C@H](N)Cc1c[nH]c2ccccc12. The Labute approximate surface area is 125 Å². The Bertz CT molecular complexity index is 634. The fourth-order valence-electron chi connectivity index (χ4n) is 3.28. The Morgan fingerprint density at radius 3 is 3.00 bits per heavy atom. The third-order valence-electron chi connectivity index (χ3n) is 4.64. The summed E-state index contributed by atoms with van der Waals surface area (Å²) in [6.07, 6.45) is 5.99. The number of carbonyl (C=O) groups excluding carboxylic acids is 1. The molecule has 3 rings (SSSR count). The lowest BCUT2D eigenvalue weighted by Gasteiger charge is -2.20. The summed E-state index contributed by atoms with van der Waals surface area (Å²) in [5.74, 6) is 0.535. The molecule has 1 saturated carbocycles. The van der Waals surface area contributed by atoms with Gasteiger partial charge in [0.15, 0.2) is 0 Å².